The maximum absolute atomic E-state index is 11.6. The van der Waals surface area contributed by atoms with E-state index in [1.54, 1.807) is 12.4 Å². The number of nitrogens with zero attached hydrogens (tertiary/aromatic N) is 1. The van der Waals surface area contributed by atoms with Crippen LogP contribution in [0.5, 0.6) is 0 Å². The van der Waals surface area contributed by atoms with Crippen molar-refractivity contribution in [2.45, 2.75) is 25.1 Å². The number of halogens is 1. The van der Waals surface area contributed by atoms with Gasteiger partial charge in [0.05, 0.1) is 5.56 Å². The smallest absolute Gasteiger partial charge is 0.252 e. The molecule has 4 heteroatoms. The molecule has 82 valence electrons. The van der Waals surface area contributed by atoms with Crippen molar-refractivity contribution in [1.82, 2.24) is 10.3 Å². The van der Waals surface area contributed by atoms with Crippen LogP contribution < -0.4 is 5.32 Å². The summed E-state index contributed by atoms with van der Waals surface area (Å²) in [5.41, 5.74) is 1.61. The molecule has 0 spiro atoms. The third-order valence-corrected chi connectivity index (χ3v) is 3.04. The van der Waals surface area contributed by atoms with Gasteiger partial charge in [-0.2, -0.15) is 0 Å². The van der Waals surface area contributed by atoms with Crippen molar-refractivity contribution in [3.63, 3.8) is 0 Å². The van der Waals surface area contributed by atoms with Crippen LogP contribution in [0.25, 0.3) is 0 Å². The number of carbonyl (C=O) groups excluding carboxylic acids is 1. The second-order valence-corrected chi connectivity index (χ2v) is 4.76. The van der Waals surface area contributed by atoms with Gasteiger partial charge in [0.1, 0.15) is 0 Å². The van der Waals surface area contributed by atoms with E-state index in [-0.39, 0.29) is 5.91 Å². The number of rotatable bonds is 4. The molecule has 1 heterocycles. The molecule has 0 aliphatic rings. The van der Waals surface area contributed by atoms with Gasteiger partial charge in [0, 0.05) is 23.8 Å². The molecule has 0 aliphatic carbocycles. The molecular formula is C11H15BrN2O. The van der Waals surface area contributed by atoms with E-state index < -0.39 is 0 Å². The van der Waals surface area contributed by atoms with E-state index in [0.29, 0.717) is 16.9 Å². The molecule has 1 aromatic rings. The Morgan fingerprint density at radius 2 is 2.33 bits per heavy atom. The number of aromatic nitrogens is 1. The van der Waals surface area contributed by atoms with E-state index in [2.05, 4.69) is 33.2 Å². The fraction of sp³-hybridized carbons (Fsp3) is 0.455. The van der Waals surface area contributed by atoms with E-state index in [4.69, 9.17) is 0 Å². The number of nitrogens with one attached hydrogen (secondary N) is 1. The fourth-order valence-corrected chi connectivity index (χ4v) is 1.29. The van der Waals surface area contributed by atoms with E-state index in [9.17, 15) is 4.79 Å². The van der Waals surface area contributed by atoms with Gasteiger partial charge in [-0.3, -0.25) is 9.78 Å². The number of pyridine rings is 1. The second kappa shape index (κ2) is 5.85. The zero-order valence-electron chi connectivity index (χ0n) is 8.96. The third kappa shape index (κ3) is 4.00. The number of carbonyl (C=O) groups is 1. The first-order valence-electron chi connectivity index (χ1n) is 4.97. The van der Waals surface area contributed by atoms with E-state index >= 15 is 0 Å². The van der Waals surface area contributed by atoms with Crippen LogP contribution in [0.3, 0.4) is 0 Å². The molecule has 1 amide bonds. The topological polar surface area (TPSA) is 42.0 Å². The normalized spacial score (nSPS) is 12.2. The first-order chi connectivity index (χ1) is 7.13. The van der Waals surface area contributed by atoms with Crippen LogP contribution >= 0.6 is 15.9 Å². The van der Waals surface area contributed by atoms with Gasteiger partial charge in [0.15, 0.2) is 0 Å². The molecule has 1 N–H and O–H groups in total. The van der Waals surface area contributed by atoms with E-state index in [0.717, 1.165) is 12.0 Å². The summed E-state index contributed by atoms with van der Waals surface area (Å²) < 4.78 is 0. The Morgan fingerprint density at radius 1 is 1.60 bits per heavy atom. The Balaban J connectivity index is 2.54. The van der Waals surface area contributed by atoms with Crippen molar-refractivity contribution >= 4 is 21.8 Å². The third-order valence-electron chi connectivity index (χ3n) is 2.06. The molecule has 1 unspecified atom stereocenters. The lowest BCUT2D eigenvalue weighted by atomic mass is 10.2. The average molecular weight is 271 g/mol. The summed E-state index contributed by atoms with van der Waals surface area (Å²) in [6.45, 7) is 4.63. The van der Waals surface area contributed by atoms with Crippen LogP contribution in [0.2, 0.25) is 0 Å². The number of aryl methyl sites for hydroxylation is 1. The minimum absolute atomic E-state index is 0.0656. The molecule has 0 aliphatic heterocycles. The summed E-state index contributed by atoms with van der Waals surface area (Å²) in [5.74, 6) is -0.0656. The summed E-state index contributed by atoms with van der Waals surface area (Å²) in [6.07, 6.45) is 4.31. The lowest BCUT2D eigenvalue weighted by Crippen LogP contribution is -2.29. The molecule has 0 saturated heterocycles. The Bertz CT molecular complexity index is 341. The lowest BCUT2D eigenvalue weighted by Gasteiger charge is -2.08. The highest BCUT2D eigenvalue weighted by molar-refractivity contribution is 9.09. The Kier molecular flexibility index (Phi) is 4.75. The largest absolute Gasteiger partial charge is 0.351 e. The summed E-state index contributed by atoms with van der Waals surface area (Å²) in [4.78, 5) is 16.0. The summed E-state index contributed by atoms with van der Waals surface area (Å²) in [6, 6.07) is 1.83. The molecule has 0 aromatic carbocycles. The van der Waals surface area contributed by atoms with Gasteiger partial charge in [-0.25, -0.2) is 0 Å². The molecule has 0 bridgehead atoms. The standard InChI is InChI=1S/C11H15BrN2O/c1-3-10(12)7-14-11(15)9-4-8(2)5-13-6-9/h4-6,10H,3,7H2,1-2H3,(H,14,15). The molecule has 3 nitrogen and oxygen atoms in total. The number of alkyl halides is 1. The molecule has 1 atom stereocenters. The quantitative estimate of drug-likeness (QED) is 0.854. The highest BCUT2D eigenvalue weighted by Gasteiger charge is 2.07. The summed E-state index contributed by atoms with van der Waals surface area (Å²) >= 11 is 3.46. The Labute approximate surface area is 98.4 Å². The Hall–Kier alpha value is -0.900. The summed E-state index contributed by atoms with van der Waals surface area (Å²) in [7, 11) is 0. The molecule has 0 saturated carbocycles. The van der Waals surface area contributed by atoms with Crippen molar-refractivity contribution in [2.24, 2.45) is 0 Å². The monoisotopic (exact) mass is 270 g/mol. The predicted molar refractivity (Wildman–Crippen MR) is 64.3 cm³/mol. The molecule has 1 rings (SSSR count). The van der Waals surface area contributed by atoms with Crippen LogP contribution in [0, 0.1) is 6.92 Å². The Morgan fingerprint density at radius 3 is 2.93 bits per heavy atom. The number of amides is 1. The van der Waals surface area contributed by atoms with Crippen molar-refractivity contribution in [1.29, 1.82) is 0 Å². The second-order valence-electron chi connectivity index (χ2n) is 3.47. The predicted octanol–water partition coefficient (Wildman–Crippen LogP) is 2.29. The highest BCUT2D eigenvalue weighted by Crippen LogP contribution is 2.04. The maximum Gasteiger partial charge on any atom is 0.252 e. The van der Waals surface area contributed by atoms with Crippen LogP contribution in [0.15, 0.2) is 18.5 Å². The minimum Gasteiger partial charge on any atom is -0.351 e. The molecule has 0 radical (unpaired) electrons. The van der Waals surface area contributed by atoms with Crippen molar-refractivity contribution in [3.8, 4) is 0 Å². The molecule has 15 heavy (non-hydrogen) atoms. The molecule has 0 fully saturated rings. The minimum atomic E-state index is -0.0656. The zero-order chi connectivity index (χ0) is 11.3. The van der Waals surface area contributed by atoms with Gasteiger partial charge in [-0.05, 0) is 25.0 Å². The number of hydrogen-bond donors (Lipinski definition) is 1. The van der Waals surface area contributed by atoms with Gasteiger partial charge < -0.3 is 5.32 Å². The number of hydrogen-bond acceptors (Lipinski definition) is 2. The van der Waals surface area contributed by atoms with Crippen LogP contribution in [-0.2, 0) is 0 Å². The van der Waals surface area contributed by atoms with Gasteiger partial charge >= 0.3 is 0 Å². The van der Waals surface area contributed by atoms with E-state index in [1.165, 1.54) is 0 Å². The fourth-order valence-electron chi connectivity index (χ4n) is 1.13. The van der Waals surface area contributed by atoms with Crippen molar-refractivity contribution in [2.75, 3.05) is 6.54 Å². The van der Waals surface area contributed by atoms with Gasteiger partial charge in [0.2, 0.25) is 0 Å². The average Bonchev–Trinajstić information content (AvgIpc) is 2.25. The molecular weight excluding hydrogens is 256 g/mol. The molecule has 1 aromatic heterocycles. The van der Waals surface area contributed by atoms with Crippen LogP contribution in [0.4, 0.5) is 0 Å². The van der Waals surface area contributed by atoms with Gasteiger partial charge in [-0.15, -0.1) is 0 Å². The first kappa shape index (κ1) is 12.2. The van der Waals surface area contributed by atoms with Crippen LogP contribution in [0.1, 0.15) is 29.3 Å². The van der Waals surface area contributed by atoms with Gasteiger partial charge in [0.25, 0.3) is 5.91 Å². The first-order valence-corrected chi connectivity index (χ1v) is 5.89. The highest BCUT2D eigenvalue weighted by atomic mass is 79.9. The SMILES string of the molecule is CCC(Br)CNC(=O)c1cncc(C)c1. The van der Waals surface area contributed by atoms with Gasteiger partial charge in [-0.1, -0.05) is 22.9 Å². The zero-order valence-corrected chi connectivity index (χ0v) is 10.5. The lowest BCUT2D eigenvalue weighted by molar-refractivity contribution is 0.0953. The van der Waals surface area contributed by atoms with Crippen molar-refractivity contribution in [3.05, 3.63) is 29.6 Å². The van der Waals surface area contributed by atoms with Crippen LogP contribution in [-0.4, -0.2) is 22.3 Å². The summed E-state index contributed by atoms with van der Waals surface area (Å²) in [5, 5.41) is 2.85. The van der Waals surface area contributed by atoms with E-state index in [1.807, 2.05) is 13.0 Å². The maximum atomic E-state index is 11.6. The van der Waals surface area contributed by atoms with Crippen molar-refractivity contribution < 1.29 is 4.79 Å².